The second kappa shape index (κ2) is 4.98. The minimum atomic E-state index is -0.515. The Hall–Kier alpha value is -0.550. The van der Waals surface area contributed by atoms with Crippen molar-refractivity contribution in [3.8, 4) is 0 Å². The average Bonchev–Trinajstić information content (AvgIpc) is 2.37. The Kier molecular flexibility index (Phi) is 3.38. The van der Waals surface area contributed by atoms with Gasteiger partial charge >= 0.3 is 0 Å². The van der Waals surface area contributed by atoms with Gasteiger partial charge in [0.1, 0.15) is 6.10 Å². The van der Waals surface area contributed by atoms with Crippen LogP contribution in [-0.2, 0) is 15.3 Å². The van der Waals surface area contributed by atoms with Gasteiger partial charge in [-0.15, -0.1) is 0 Å². The maximum Gasteiger partial charge on any atom is 0.196 e. The fourth-order valence-corrected chi connectivity index (χ4v) is 3.25. The molecular formula is C13H16O3S. The maximum atomic E-state index is 10.2. The first kappa shape index (κ1) is 11.5. The van der Waals surface area contributed by atoms with Gasteiger partial charge in [0.05, 0.1) is 6.10 Å². The zero-order chi connectivity index (χ0) is 11.7. The molecule has 2 fully saturated rings. The Morgan fingerprint density at radius 1 is 1.29 bits per heavy atom. The summed E-state index contributed by atoms with van der Waals surface area (Å²) in [6, 6.07) is 10.3. The van der Waals surface area contributed by atoms with E-state index in [4.69, 9.17) is 8.92 Å². The number of hydrogen-bond donors (Lipinski definition) is 1. The van der Waals surface area contributed by atoms with Gasteiger partial charge in [0.2, 0.25) is 0 Å². The van der Waals surface area contributed by atoms with E-state index in [-0.39, 0.29) is 12.0 Å². The monoisotopic (exact) mass is 252 g/mol. The van der Waals surface area contributed by atoms with Crippen molar-refractivity contribution in [3.05, 3.63) is 35.9 Å². The fourth-order valence-electron chi connectivity index (χ4n) is 2.52. The zero-order valence-corrected chi connectivity index (χ0v) is 10.3. The van der Waals surface area contributed by atoms with E-state index in [1.54, 1.807) is 0 Å². The third kappa shape index (κ3) is 2.50. The van der Waals surface area contributed by atoms with Crippen molar-refractivity contribution < 1.29 is 14.0 Å². The Balaban J connectivity index is 1.70. The summed E-state index contributed by atoms with van der Waals surface area (Å²) in [5.74, 6) is 1.11. The van der Waals surface area contributed by atoms with Gasteiger partial charge in [0, 0.05) is 5.75 Å². The van der Waals surface area contributed by atoms with Crippen LogP contribution < -0.4 is 0 Å². The lowest BCUT2D eigenvalue weighted by Crippen LogP contribution is -2.49. The Labute approximate surface area is 105 Å². The maximum absolute atomic E-state index is 10.2. The van der Waals surface area contributed by atoms with Crippen LogP contribution in [0.15, 0.2) is 30.3 Å². The zero-order valence-electron chi connectivity index (χ0n) is 9.49. The highest BCUT2D eigenvalue weighted by Gasteiger charge is 2.41. The van der Waals surface area contributed by atoms with Crippen molar-refractivity contribution in [1.29, 1.82) is 0 Å². The van der Waals surface area contributed by atoms with Crippen LogP contribution in [0, 0.1) is 5.92 Å². The summed E-state index contributed by atoms with van der Waals surface area (Å²) in [6.07, 6.45) is 1.09. The summed E-state index contributed by atoms with van der Waals surface area (Å²) in [5, 5.41) is 10.2. The molecule has 0 amide bonds. The lowest BCUT2D eigenvalue weighted by molar-refractivity contribution is -0.219. The standard InChI is InChI=1S/C13H16O3S/c14-12-10(6-9-4-2-1-3-5-9)7-11-8-17-16-13(12)15-11/h1-5,10-14H,6-8H2/t10?,11-,12?,13-/m0/s1. The molecule has 2 unspecified atom stereocenters. The van der Waals surface area contributed by atoms with Crippen LogP contribution in [0.25, 0.3) is 0 Å². The van der Waals surface area contributed by atoms with Gasteiger partial charge in [-0.25, -0.2) is 0 Å². The molecule has 2 aliphatic rings. The molecule has 0 saturated carbocycles. The van der Waals surface area contributed by atoms with E-state index in [9.17, 15) is 5.11 Å². The second-order valence-corrected chi connectivity index (χ2v) is 5.44. The van der Waals surface area contributed by atoms with Crippen molar-refractivity contribution in [2.75, 3.05) is 5.75 Å². The highest BCUT2D eigenvalue weighted by Crippen LogP contribution is 2.35. The fraction of sp³-hybridized carbons (Fsp3) is 0.538. The number of aliphatic hydroxyl groups is 1. The van der Waals surface area contributed by atoms with Crippen LogP contribution in [0.2, 0.25) is 0 Å². The first-order valence-corrected chi connectivity index (χ1v) is 6.90. The molecule has 0 aliphatic carbocycles. The molecule has 2 bridgehead atoms. The SMILES string of the molecule is OC1C(Cc2ccccc2)C[C@H]2CSO[C@@H]1O2. The molecule has 4 heteroatoms. The van der Waals surface area contributed by atoms with Gasteiger partial charge in [-0.1, -0.05) is 30.3 Å². The minimum absolute atomic E-state index is 0.232. The van der Waals surface area contributed by atoms with Gasteiger partial charge in [0.15, 0.2) is 6.29 Å². The van der Waals surface area contributed by atoms with E-state index in [1.165, 1.54) is 17.6 Å². The van der Waals surface area contributed by atoms with Crippen molar-refractivity contribution in [1.82, 2.24) is 0 Å². The van der Waals surface area contributed by atoms with Gasteiger partial charge in [0.25, 0.3) is 0 Å². The molecule has 17 heavy (non-hydrogen) atoms. The lowest BCUT2D eigenvalue weighted by atomic mass is 9.87. The van der Waals surface area contributed by atoms with Crippen molar-refractivity contribution in [3.63, 3.8) is 0 Å². The highest BCUT2D eigenvalue weighted by molar-refractivity contribution is 7.94. The highest BCUT2D eigenvalue weighted by atomic mass is 32.2. The predicted octanol–water partition coefficient (Wildman–Crippen LogP) is 2.00. The number of rotatable bonds is 2. The van der Waals surface area contributed by atoms with Crippen molar-refractivity contribution in [2.45, 2.75) is 31.3 Å². The number of aliphatic hydroxyl groups excluding tert-OH is 1. The summed E-state index contributed by atoms with van der Waals surface area (Å²) < 4.78 is 11.0. The Bertz CT molecular complexity index is 370. The summed E-state index contributed by atoms with van der Waals surface area (Å²) in [7, 11) is 0. The van der Waals surface area contributed by atoms with E-state index in [1.807, 2.05) is 18.2 Å². The van der Waals surface area contributed by atoms with Gasteiger partial charge in [-0.05, 0) is 36.4 Å². The molecule has 0 aromatic heterocycles. The van der Waals surface area contributed by atoms with E-state index >= 15 is 0 Å². The molecule has 0 radical (unpaired) electrons. The van der Waals surface area contributed by atoms with Crippen LogP contribution in [0.4, 0.5) is 0 Å². The molecule has 1 aromatic rings. The third-order valence-corrected chi connectivity index (χ3v) is 4.25. The van der Waals surface area contributed by atoms with Gasteiger partial charge in [-0.2, -0.15) is 0 Å². The van der Waals surface area contributed by atoms with Gasteiger partial charge in [-0.3, -0.25) is 4.18 Å². The van der Waals surface area contributed by atoms with Crippen molar-refractivity contribution in [2.24, 2.45) is 5.92 Å². The summed E-state index contributed by atoms with van der Waals surface area (Å²) in [5.41, 5.74) is 1.27. The number of hydrogen-bond acceptors (Lipinski definition) is 4. The summed E-state index contributed by atoms with van der Waals surface area (Å²) in [4.78, 5) is 0. The van der Waals surface area contributed by atoms with E-state index in [0.717, 1.165) is 18.6 Å². The molecule has 1 N–H and O–H groups in total. The average molecular weight is 252 g/mol. The van der Waals surface area contributed by atoms with Crippen LogP contribution in [-0.4, -0.2) is 29.4 Å². The number of benzene rings is 1. The number of fused-ring (bicyclic) bond motifs is 2. The Morgan fingerprint density at radius 3 is 2.94 bits per heavy atom. The first-order valence-electron chi connectivity index (χ1n) is 5.98. The van der Waals surface area contributed by atoms with E-state index in [2.05, 4.69) is 12.1 Å². The van der Waals surface area contributed by atoms with E-state index < -0.39 is 12.4 Å². The number of ether oxygens (including phenoxy) is 1. The van der Waals surface area contributed by atoms with Crippen molar-refractivity contribution >= 4 is 12.0 Å². The van der Waals surface area contributed by atoms with Crippen LogP contribution in [0.1, 0.15) is 12.0 Å². The molecular weight excluding hydrogens is 236 g/mol. The predicted molar refractivity (Wildman–Crippen MR) is 66.5 cm³/mol. The van der Waals surface area contributed by atoms with Crippen LogP contribution >= 0.6 is 12.0 Å². The smallest absolute Gasteiger partial charge is 0.196 e. The third-order valence-electron chi connectivity index (χ3n) is 3.41. The molecule has 3 rings (SSSR count). The molecule has 92 valence electrons. The topological polar surface area (TPSA) is 38.7 Å². The Morgan fingerprint density at radius 2 is 2.12 bits per heavy atom. The molecule has 2 saturated heterocycles. The molecule has 2 aliphatic heterocycles. The molecule has 1 aromatic carbocycles. The largest absolute Gasteiger partial charge is 0.387 e. The van der Waals surface area contributed by atoms with E-state index in [0.29, 0.717) is 0 Å². The summed E-state index contributed by atoms with van der Waals surface area (Å²) >= 11 is 1.41. The normalized spacial score (nSPS) is 36.8. The second-order valence-electron chi connectivity index (χ2n) is 4.68. The molecule has 4 atom stereocenters. The lowest BCUT2D eigenvalue weighted by Gasteiger charge is -2.41. The molecule has 0 spiro atoms. The van der Waals surface area contributed by atoms with Gasteiger partial charge < -0.3 is 9.84 Å². The molecule has 3 nitrogen and oxygen atoms in total. The minimum Gasteiger partial charge on any atom is -0.387 e. The first-order chi connectivity index (χ1) is 8.33. The van der Waals surface area contributed by atoms with Crippen LogP contribution in [0.5, 0.6) is 0 Å². The molecule has 2 heterocycles. The quantitative estimate of drug-likeness (QED) is 0.817. The van der Waals surface area contributed by atoms with Crippen LogP contribution in [0.3, 0.4) is 0 Å². The summed E-state index contributed by atoms with van der Waals surface area (Å²) in [6.45, 7) is 0.